The second-order valence-electron chi connectivity index (χ2n) is 4.66. The van der Waals surface area contributed by atoms with E-state index in [1.165, 1.54) is 38.5 Å². The quantitative estimate of drug-likeness (QED) is 0.705. The number of hydrogen-bond donors (Lipinski definition) is 1. The van der Waals surface area contributed by atoms with E-state index >= 15 is 0 Å². The van der Waals surface area contributed by atoms with Crippen LogP contribution in [0.2, 0.25) is 0 Å². The molecule has 1 saturated carbocycles. The minimum Gasteiger partial charge on any atom is -0.312 e. The summed E-state index contributed by atoms with van der Waals surface area (Å²) >= 11 is 0. The zero-order valence-electron chi connectivity index (χ0n) is 9.47. The third-order valence-corrected chi connectivity index (χ3v) is 3.52. The van der Waals surface area contributed by atoms with Gasteiger partial charge < -0.3 is 5.32 Å². The molecule has 13 heavy (non-hydrogen) atoms. The van der Waals surface area contributed by atoms with E-state index < -0.39 is 0 Å². The number of hydrogen-bond acceptors (Lipinski definition) is 1. The van der Waals surface area contributed by atoms with Crippen LogP contribution in [0, 0.1) is 5.92 Å². The zero-order chi connectivity index (χ0) is 9.68. The maximum atomic E-state index is 3.70. The third kappa shape index (κ3) is 3.68. The summed E-state index contributed by atoms with van der Waals surface area (Å²) in [5.74, 6) is 0.947. The van der Waals surface area contributed by atoms with Gasteiger partial charge in [-0.1, -0.05) is 26.2 Å². The Hall–Kier alpha value is -0.0400. The lowest BCUT2D eigenvalue weighted by atomic mass is 9.84. The molecule has 78 valence electrons. The molecule has 1 nitrogen and oxygen atoms in total. The molecule has 2 atom stereocenters. The SMILES string of the molecule is CC[C@H](C)NC(C)C1CCCCC1. The van der Waals surface area contributed by atoms with Crippen molar-refractivity contribution in [2.45, 2.75) is 71.4 Å². The van der Waals surface area contributed by atoms with Gasteiger partial charge >= 0.3 is 0 Å². The molecular weight excluding hydrogens is 158 g/mol. The summed E-state index contributed by atoms with van der Waals surface area (Å²) in [5.41, 5.74) is 0. The van der Waals surface area contributed by atoms with Crippen LogP contribution >= 0.6 is 0 Å². The molecule has 1 heteroatoms. The van der Waals surface area contributed by atoms with E-state index in [-0.39, 0.29) is 0 Å². The lowest BCUT2D eigenvalue weighted by molar-refractivity contribution is 0.266. The van der Waals surface area contributed by atoms with Gasteiger partial charge in [-0.05, 0) is 39.0 Å². The van der Waals surface area contributed by atoms with Gasteiger partial charge in [-0.25, -0.2) is 0 Å². The highest BCUT2D eigenvalue weighted by Crippen LogP contribution is 2.26. The van der Waals surface area contributed by atoms with E-state index in [1.54, 1.807) is 0 Å². The molecule has 0 saturated heterocycles. The largest absolute Gasteiger partial charge is 0.312 e. The minimum absolute atomic E-state index is 0.692. The fourth-order valence-corrected chi connectivity index (χ4v) is 2.34. The Balaban J connectivity index is 2.24. The molecule has 0 aromatic heterocycles. The molecule has 1 unspecified atom stereocenters. The lowest BCUT2D eigenvalue weighted by Gasteiger charge is -2.30. The molecule has 1 aliphatic carbocycles. The Bertz CT molecular complexity index is 127. The number of nitrogens with one attached hydrogen (secondary N) is 1. The van der Waals surface area contributed by atoms with E-state index in [1.807, 2.05) is 0 Å². The molecule has 1 fully saturated rings. The molecule has 0 spiro atoms. The van der Waals surface area contributed by atoms with E-state index in [2.05, 4.69) is 26.1 Å². The normalized spacial score (nSPS) is 24.2. The van der Waals surface area contributed by atoms with Crippen LogP contribution in [0.15, 0.2) is 0 Å². The van der Waals surface area contributed by atoms with Gasteiger partial charge in [-0.15, -0.1) is 0 Å². The van der Waals surface area contributed by atoms with Crippen LogP contribution in [0.5, 0.6) is 0 Å². The van der Waals surface area contributed by atoms with Gasteiger partial charge in [0.15, 0.2) is 0 Å². The van der Waals surface area contributed by atoms with Crippen molar-refractivity contribution in [2.24, 2.45) is 5.92 Å². The van der Waals surface area contributed by atoms with Gasteiger partial charge in [0.2, 0.25) is 0 Å². The zero-order valence-corrected chi connectivity index (χ0v) is 9.47. The first-order valence-corrected chi connectivity index (χ1v) is 6.00. The van der Waals surface area contributed by atoms with Gasteiger partial charge in [0.1, 0.15) is 0 Å². The predicted molar refractivity (Wildman–Crippen MR) is 58.9 cm³/mol. The van der Waals surface area contributed by atoms with E-state index in [9.17, 15) is 0 Å². The molecular formula is C12H25N. The van der Waals surface area contributed by atoms with Crippen molar-refractivity contribution < 1.29 is 0 Å². The summed E-state index contributed by atoms with van der Waals surface area (Å²) in [6.07, 6.45) is 8.52. The fraction of sp³-hybridized carbons (Fsp3) is 1.00. The van der Waals surface area contributed by atoms with Gasteiger partial charge in [0, 0.05) is 12.1 Å². The molecule has 1 aliphatic rings. The average Bonchev–Trinajstić information content (AvgIpc) is 2.19. The predicted octanol–water partition coefficient (Wildman–Crippen LogP) is 3.34. The van der Waals surface area contributed by atoms with E-state index in [0.717, 1.165) is 12.0 Å². The second-order valence-corrected chi connectivity index (χ2v) is 4.66. The molecule has 0 aromatic carbocycles. The molecule has 1 N–H and O–H groups in total. The monoisotopic (exact) mass is 183 g/mol. The summed E-state index contributed by atoms with van der Waals surface area (Å²) in [6.45, 7) is 6.91. The smallest absolute Gasteiger partial charge is 0.00694 e. The second kappa shape index (κ2) is 5.64. The Morgan fingerprint density at radius 3 is 2.31 bits per heavy atom. The topological polar surface area (TPSA) is 12.0 Å². The minimum atomic E-state index is 0.692. The number of rotatable bonds is 4. The van der Waals surface area contributed by atoms with Crippen LogP contribution < -0.4 is 5.32 Å². The van der Waals surface area contributed by atoms with Crippen LogP contribution in [0.3, 0.4) is 0 Å². The van der Waals surface area contributed by atoms with Crippen molar-refractivity contribution in [3.63, 3.8) is 0 Å². The summed E-state index contributed by atoms with van der Waals surface area (Å²) in [4.78, 5) is 0. The average molecular weight is 183 g/mol. The van der Waals surface area contributed by atoms with Crippen molar-refractivity contribution in [1.29, 1.82) is 0 Å². The van der Waals surface area contributed by atoms with Gasteiger partial charge in [0.25, 0.3) is 0 Å². The molecule has 0 bridgehead atoms. The molecule has 0 amide bonds. The maximum Gasteiger partial charge on any atom is 0.00694 e. The van der Waals surface area contributed by atoms with Crippen LogP contribution in [-0.4, -0.2) is 12.1 Å². The Kier molecular flexibility index (Phi) is 4.79. The Morgan fingerprint density at radius 1 is 1.15 bits per heavy atom. The van der Waals surface area contributed by atoms with Crippen molar-refractivity contribution in [3.05, 3.63) is 0 Å². The first-order valence-electron chi connectivity index (χ1n) is 6.00. The Labute approximate surface area is 83.3 Å². The van der Waals surface area contributed by atoms with Crippen molar-refractivity contribution >= 4 is 0 Å². The highest BCUT2D eigenvalue weighted by atomic mass is 14.9. The highest BCUT2D eigenvalue weighted by molar-refractivity contribution is 4.77. The first-order chi connectivity index (χ1) is 6.24. The van der Waals surface area contributed by atoms with E-state index in [0.29, 0.717) is 6.04 Å². The van der Waals surface area contributed by atoms with Crippen molar-refractivity contribution in [2.75, 3.05) is 0 Å². The summed E-state index contributed by atoms with van der Waals surface area (Å²) in [7, 11) is 0. The molecule has 0 aliphatic heterocycles. The van der Waals surface area contributed by atoms with Crippen molar-refractivity contribution in [1.82, 2.24) is 5.32 Å². The molecule has 1 rings (SSSR count). The van der Waals surface area contributed by atoms with E-state index in [4.69, 9.17) is 0 Å². The third-order valence-electron chi connectivity index (χ3n) is 3.52. The van der Waals surface area contributed by atoms with Gasteiger partial charge in [0.05, 0.1) is 0 Å². The Morgan fingerprint density at radius 2 is 1.77 bits per heavy atom. The van der Waals surface area contributed by atoms with Crippen LogP contribution in [-0.2, 0) is 0 Å². The fourth-order valence-electron chi connectivity index (χ4n) is 2.34. The van der Waals surface area contributed by atoms with Crippen LogP contribution in [0.1, 0.15) is 59.3 Å². The summed E-state index contributed by atoms with van der Waals surface area (Å²) < 4.78 is 0. The van der Waals surface area contributed by atoms with Crippen LogP contribution in [0.4, 0.5) is 0 Å². The lowest BCUT2D eigenvalue weighted by Crippen LogP contribution is -2.39. The maximum absolute atomic E-state index is 3.70. The standard InChI is InChI=1S/C12H25N/c1-4-10(2)13-11(3)12-8-6-5-7-9-12/h10-13H,4-9H2,1-3H3/t10-,11?/m0/s1. The van der Waals surface area contributed by atoms with Gasteiger partial charge in [-0.3, -0.25) is 0 Å². The van der Waals surface area contributed by atoms with Crippen molar-refractivity contribution in [3.8, 4) is 0 Å². The summed E-state index contributed by atoms with van der Waals surface area (Å²) in [5, 5.41) is 3.70. The first kappa shape index (κ1) is 11.0. The summed E-state index contributed by atoms with van der Waals surface area (Å²) in [6, 6.07) is 1.42. The molecule has 0 radical (unpaired) electrons. The van der Waals surface area contributed by atoms with Gasteiger partial charge in [-0.2, -0.15) is 0 Å². The highest BCUT2D eigenvalue weighted by Gasteiger charge is 2.20. The molecule has 0 aromatic rings. The van der Waals surface area contributed by atoms with Crippen LogP contribution in [0.25, 0.3) is 0 Å². The molecule has 0 heterocycles.